The van der Waals surface area contributed by atoms with Crippen molar-refractivity contribution in [2.75, 3.05) is 20.7 Å². The van der Waals surface area contributed by atoms with E-state index in [9.17, 15) is 4.79 Å². The number of aliphatic hydroxyl groups excluding tert-OH is 1. The molecule has 3 aliphatic carbocycles. The van der Waals surface area contributed by atoms with E-state index in [2.05, 4.69) is 18.0 Å². The van der Waals surface area contributed by atoms with Crippen LogP contribution in [0, 0.1) is 5.92 Å². The Hall–Kier alpha value is -1.59. The van der Waals surface area contributed by atoms with E-state index < -0.39 is 0 Å². The van der Waals surface area contributed by atoms with Gasteiger partial charge in [-0.05, 0) is 63.2 Å². The minimum Gasteiger partial charge on any atom is -0.493 e. The van der Waals surface area contributed by atoms with Crippen molar-refractivity contribution in [1.29, 1.82) is 0 Å². The van der Waals surface area contributed by atoms with E-state index in [4.69, 9.17) is 14.6 Å². The van der Waals surface area contributed by atoms with Crippen LogP contribution in [-0.2, 0) is 16.6 Å². The average molecular weight is 400 g/mol. The van der Waals surface area contributed by atoms with Crippen LogP contribution in [0.5, 0.6) is 11.5 Å². The van der Waals surface area contributed by atoms with Gasteiger partial charge in [-0.1, -0.05) is 25.3 Å². The number of rotatable bonds is 1. The van der Waals surface area contributed by atoms with E-state index >= 15 is 0 Å². The second kappa shape index (κ2) is 7.28. The molecule has 1 aromatic carbocycles. The summed E-state index contributed by atoms with van der Waals surface area (Å²) < 4.78 is 11.8. The van der Waals surface area contributed by atoms with Gasteiger partial charge in [-0.25, -0.2) is 0 Å². The van der Waals surface area contributed by atoms with E-state index in [-0.39, 0.29) is 23.4 Å². The summed E-state index contributed by atoms with van der Waals surface area (Å²) in [6.45, 7) is 1.05. The zero-order valence-corrected chi connectivity index (χ0v) is 17.7. The van der Waals surface area contributed by atoms with Gasteiger partial charge in [0.25, 0.3) is 0 Å². The molecule has 0 aromatic heterocycles. The first kappa shape index (κ1) is 19.4. The number of piperidine rings is 1. The minimum absolute atomic E-state index is 0.0359. The summed E-state index contributed by atoms with van der Waals surface area (Å²) in [6, 6.07) is 4.73. The van der Waals surface area contributed by atoms with Gasteiger partial charge in [-0.15, -0.1) is 0 Å². The number of Topliss-reactive ketones (excluding diaryl/α,β-unsaturated/α-hetero) is 1. The molecule has 4 atom stereocenters. The minimum atomic E-state index is -0.284. The molecule has 2 bridgehead atoms. The van der Waals surface area contributed by atoms with Crippen molar-refractivity contribution in [3.05, 3.63) is 23.3 Å². The Morgan fingerprint density at radius 3 is 2.69 bits per heavy atom. The Morgan fingerprint density at radius 1 is 1.21 bits per heavy atom. The quantitative estimate of drug-likeness (QED) is 0.786. The van der Waals surface area contributed by atoms with Gasteiger partial charge in [0.2, 0.25) is 0 Å². The highest BCUT2D eigenvalue weighted by Gasteiger charge is 2.65. The Kier molecular flexibility index (Phi) is 4.86. The Morgan fingerprint density at radius 2 is 2.00 bits per heavy atom. The van der Waals surface area contributed by atoms with Crippen LogP contribution in [0.3, 0.4) is 0 Å². The molecule has 6 rings (SSSR count). The zero-order chi connectivity index (χ0) is 20.2. The topological polar surface area (TPSA) is 59.0 Å². The van der Waals surface area contributed by atoms with Crippen LogP contribution < -0.4 is 9.47 Å². The number of likely N-dealkylation sites (tertiary alicyclic amines) is 1. The molecule has 5 nitrogen and oxygen atoms in total. The van der Waals surface area contributed by atoms with E-state index in [1.807, 2.05) is 6.07 Å². The van der Waals surface area contributed by atoms with Crippen molar-refractivity contribution >= 4 is 5.78 Å². The number of carbonyl (C=O) groups is 1. The lowest BCUT2D eigenvalue weighted by Gasteiger charge is -2.57. The normalized spacial score (nSPS) is 35.3. The van der Waals surface area contributed by atoms with Crippen molar-refractivity contribution in [3.8, 4) is 11.5 Å². The fraction of sp³-hybridized carbons (Fsp3) is 0.708. The number of hydrogen-bond acceptors (Lipinski definition) is 5. The van der Waals surface area contributed by atoms with Crippen molar-refractivity contribution in [2.45, 2.75) is 81.5 Å². The Balaban J connectivity index is 0.000000222. The Labute approximate surface area is 173 Å². The molecule has 1 saturated heterocycles. The number of benzene rings is 1. The van der Waals surface area contributed by atoms with Gasteiger partial charge >= 0.3 is 0 Å². The molecule has 29 heavy (non-hydrogen) atoms. The van der Waals surface area contributed by atoms with Gasteiger partial charge in [0.1, 0.15) is 0 Å². The molecule has 158 valence electrons. The SMILES string of the molecule is COc1ccc2c3c1O[C@H]1C(=O)CC[C@H]4[C@@H](C2)N(C)CC[C@]314.OC1CCCCC1. The van der Waals surface area contributed by atoms with Gasteiger partial charge in [-0.2, -0.15) is 0 Å². The number of likely N-dealkylation sites (N-methyl/N-ethyl adjacent to an activating group) is 1. The first-order valence-electron chi connectivity index (χ1n) is 11.3. The first-order valence-corrected chi connectivity index (χ1v) is 11.3. The monoisotopic (exact) mass is 399 g/mol. The predicted molar refractivity (Wildman–Crippen MR) is 111 cm³/mol. The molecular formula is C24H33NO4. The third-order valence-corrected chi connectivity index (χ3v) is 8.17. The molecule has 1 spiro atoms. The number of nitrogens with zero attached hydrogens (tertiary/aromatic N) is 1. The summed E-state index contributed by atoms with van der Waals surface area (Å²) in [5, 5.41) is 8.91. The summed E-state index contributed by atoms with van der Waals surface area (Å²) >= 11 is 0. The average Bonchev–Trinajstić information content (AvgIpc) is 3.09. The van der Waals surface area contributed by atoms with E-state index in [1.165, 1.54) is 30.4 Å². The molecule has 3 fully saturated rings. The number of carbonyl (C=O) groups excluding carboxylic acids is 1. The van der Waals surface area contributed by atoms with Crippen LogP contribution in [-0.4, -0.2) is 54.7 Å². The van der Waals surface area contributed by atoms with E-state index in [0.717, 1.165) is 50.1 Å². The molecule has 5 aliphatic rings. The van der Waals surface area contributed by atoms with E-state index in [0.29, 0.717) is 18.4 Å². The van der Waals surface area contributed by atoms with Gasteiger partial charge in [0, 0.05) is 23.4 Å². The van der Waals surface area contributed by atoms with Gasteiger partial charge in [-0.3, -0.25) is 4.79 Å². The third-order valence-electron chi connectivity index (χ3n) is 8.17. The highest BCUT2D eigenvalue weighted by atomic mass is 16.5. The standard InChI is InChI=1S/C18H21NO3.C6H12O/c1-19-8-7-18-11-4-5-13(20)17(18)22-16-14(21-2)6-3-10(15(16)18)9-12(11)19;7-6-4-2-1-3-5-6/h3,6,11-12,17H,4-5,7-9H2,1-2H3;6-7H,1-5H2/t11-,12+,17-,18-;/m0./s1. The summed E-state index contributed by atoms with van der Waals surface area (Å²) in [7, 11) is 3.91. The van der Waals surface area contributed by atoms with Crippen LogP contribution >= 0.6 is 0 Å². The van der Waals surface area contributed by atoms with Crippen LogP contribution in [0.4, 0.5) is 0 Å². The number of aliphatic hydroxyl groups is 1. The maximum absolute atomic E-state index is 12.6. The van der Waals surface area contributed by atoms with Crippen LogP contribution in [0.2, 0.25) is 0 Å². The fourth-order valence-corrected chi connectivity index (χ4v) is 6.75. The maximum Gasteiger partial charge on any atom is 0.174 e. The largest absolute Gasteiger partial charge is 0.493 e. The van der Waals surface area contributed by atoms with Crippen LogP contribution in [0.25, 0.3) is 0 Å². The van der Waals surface area contributed by atoms with E-state index in [1.54, 1.807) is 7.11 Å². The molecule has 5 heteroatoms. The first-order chi connectivity index (χ1) is 14.1. The molecule has 2 heterocycles. The van der Waals surface area contributed by atoms with Gasteiger partial charge in [0.15, 0.2) is 23.4 Å². The zero-order valence-electron chi connectivity index (χ0n) is 17.7. The van der Waals surface area contributed by atoms with Crippen molar-refractivity contribution in [3.63, 3.8) is 0 Å². The lowest BCUT2D eigenvalue weighted by Crippen LogP contribution is -2.65. The van der Waals surface area contributed by atoms with Crippen LogP contribution in [0.1, 0.15) is 62.5 Å². The predicted octanol–water partition coefficient (Wildman–Crippen LogP) is 3.24. The van der Waals surface area contributed by atoms with Gasteiger partial charge in [0.05, 0.1) is 13.2 Å². The number of ketones is 1. The molecule has 2 saturated carbocycles. The lowest BCUT2D eigenvalue weighted by molar-refractivity contribution is -0.138. The molecule has 0 unspecified atom stereocenters. The summed E-state index contributed by atoms with van der Waals surface area (Å²) in [5.41, 5.74) is 2.57. The maximum atomic E-state index is 12.6. The Bertz CT molecular complexity index is 802. The smallest absolute Gasteiger partial charge is 0.174 e. The fourth-order valence-electron chi connectivity index (χ4n) is 6.75. The highest BCUT2D eigenvalue weighted by Crippen LogP contribution is 2.63. The summed E-state index contributed by atoms with van der Waals surface area (Å²) in [4.78, 5) is 15.1. The number of ether oxygens (including phenoxy) is 2. The van der Waals surface area contributed by atoms with Crippen LogP contribution in [0.15, 0.2) is 12.1 Å². The summed E-state index contributed by atoms with van der Waals surface area (Å²) in [5.74, 6) is 2.46. The van der Waals surface area contributed by atoms with Crippen molar-refractivity contribution in [2.24, 2.45) is 5.92 Å². The molecule has 0 amide bonds. The molecule has 1 aromatic rings. The van der Waals surface area contributed by atoms with Crippen molar-refractivity contribution < 1.29 is 19.4 Å². The molecule has 2 aliphatic heterocycles. The summed E-state index contributed by atoms with van der Waals surface area (Å²) in [6.07, 6.45) is 9.39. The number of methoxy groups -OCH3 is 1. The molecule has 1 N–H and O–H groups in total. The second-order valence-electron chi connectivity index (χ2n) is 9.57. The highest BCUT2D eigenvalue weighted by molar-refractivity contribution is 5.89. The van der Waals surface area contributed by atoms with Gasteiger partial charge < -0.3 is 19.5 Å². The molecular weight excluding hydrogens is 366 g/mol. The number of hydrogen-bond donors (Lipinski definition) is 1. The third kappa shape index (κ3) is 2.84. The van der Waals surface area contributed by atoms with Crippen molar-refractivity contribution in [1.82, 2.24) is 4.90 Å². The second-order valence-corrected chi connectivity index (χ2v) is 9.57. The lowest BCUT2D eigenvalue weighted by atomic mass is 9.52. The molecule has 0 radical (unpaired) electrons.